The third-order valence-electron chi connectivity index (χ3n) is 3.61. The lowest BCUT2D eigenvalue weighted by molar-refractivity contribution is -0.118. The number of carbonyl (C=O) groups excluding carboxylic acids is 2. The molecule has 3 rings (SSSR count). The normalized spacial score (nSPS) is 10.4. The number of methoxy groups -OCH3 is 1. The van der Waals surface area contributed by atoms with Gasteiger partial charge < -0.3 is 14.8 Å². The molecule has 0 saturated heterocycles. The first-order valence-corrected chi connectivity index (χ1v) is 8.10. The Balaban J connectivity index is 1.66. The number of halogens is 1. The van der Waals surface area contributed by atoms with E-state index in [0.717, 1.165) is 10.9 Å². The number of carbonyl (C=O) groups is 2. The van der Waals surface area contributed by atoms with Gasteiger partial charge in [0, 0.05) is 11.6 Å². The minimum atomic E-state index is -0.516. The number of fused-ring (bicyclic) bond motifs is 1. The molecule has 0 spiro atoms. The maximum atomic E-state index is 12.1. The molecule has 0 aliphatic rings. The Hall–Kier alpha value is -3.12. The van der Waals surface area contributed by atoms with Gasteiger partial charge in [-0.25, -0.2) is 4.79 Å². The van der Waals surface area contributed by atoms with Crippen LogP contribution in [0.4, 0.5) is 5.69 Å². The number of hydrogen-bond donors (Lipinski definition) is 1. The molecule has 0 unspecified atom stereocenters. The third kappa shape index (κ3) is 4.10. The predicted octanol–water partition coefficient (Wildman–Crippen LogP) is 3.69. The lowest BCUT2D eigenvalue weighted by Crippen LogP contribution is -2.20. The first-order chi connectivity index (χ1) is 12.6. The first kappa shape index (κ1) is 17.7. The molecule has 26 heavy (non-hydrogen) atoms. The Bertz CT molecular complexity index is 975. The second-order valence-electron chi connectivity index (χ2n) is 5.38. The van der Waals surface area contributed by atoms with Crippen LogP contribution in [0.2, 0.25) is 5.02 Å². The molecular weight excluding hydrogens is 356 g/mol. The van der Waals surface area contributed by atoms with Crippen molar-refractivity contribution in [2.24, 2.45) is 0 Å². The van der Waals surface area contributed by atoms with Crippen LogP contribution in [0.15, 0.2) is 54.7 Å². The lowest BCUT2D eigenvalue weighted by Gasteiger charge is -2.10. The summed E-state index contributed by atoms with van der Waals surface area (Å²) in [6, 6.07) is 13.6. The van der Waals surface area contributed by atoms with Crippen LogP contribution >= 0.6 is 11.6 Å². The fourth-order valence-electron chi connectivity index (χ4n) is 2.34. The number of rotatable bonds is 5. The second kappa shape index (κ2) is 7.84. The fraction of sp³-hybridized carbons (Fsp3) is 0.105. The zero-order chi connectivity index (χ0) is 18.5. The Morgan fingerprint density at radius 3 is 2.81 bits per heavy atom. The van der Waals surface area contributed by atoms with E-state index in [1.54, 1.807) is 18.3 Å². The molecule has 132 valence electrons. The SMILES string of the molecule is COC(=O)c1ccc(Cl)c(NC(=O)COc2ccc3ncccc3c2)c1. The van der Waals surface area contributed by atoms with Crippen LogP contribution in [0.5, 0.6) is 5.75 Å². The van der Waals surface area contributed by atoms with Crippen molar-refractivity contribution in [2.45, 2.75) is 0 Å². The van der Waals surface area contributed by atoms with Gasteiger partial charge in [-0.05, 0) is 42.5 Å². The van der Waals surface area contributed by atoms with E-state index in [0.29, 0.717) is 16.5 Å². The number of esters is 1. The van der Waals surface area contributed by atoms with E-state index in [9.17, 15) is 9.59 Å². The number of nitrogens with zero attached hydrogens (tertiary/aromatic N) is 1. The summed E-state index contributed by atoms with van der Waals surface area (Å²) in [5.41, 5.74) is 1.44. The average Bonchev–Trinajstić information content (AvgIpc) is 2.67. The van der Waals surface area contributed by atoms with Crippen LogP contribution in [0.1, 0.15) is 10.4 Å². The number of nitrogens with one attached hydrogen (secondary N) is 1. The van der Waals surface area contributed by atoms with E-state index < -0.39 is 11.9 Å². The number of anilines is 1. The van der Waals surface area contributed by atoms with E-state index >= 15 is 0 Å². The van der Waals surface area contributed by atoms with Gasteiger partial charge in [-0.2, -0.15) is 0 Å². The minimum absolute atomic E-state index is 0.204. The van der Waals surface area contributed by atoms with Gasteiger partial charge in [0.05, 0.1) is 28.9 Å². The van der Waals surface area contributed by atoms with E-state index in [1.807, 2.05) is 18.2 Å². The minimum Gasteiger partial charge on any atom is -0.484 e. The monoisotopic (exact) mass is 370 g/mol. The van der Waals surface area contributed by atoms with Crippen LogP contribution in [0, 0.1) is 0 Å². The summed E-state index contributed by atoms with van der Waals surface area (Å²) in [4.78, 5) is 27.9. The average molecular weight is 371 g/mol. The van der Waals surface area contributed by atoms with Gasteiger partial charge in [0.25, 0.3) is 5.91 Å². The maximum Gasteiger partial charge on any atom is 0.337 e. The van der Waals surface area contributed by atoms with Crippen molar-refractivity contribution in [2.75, 3.05) is 19.0 Å². The lowest BCUT2D eigenvalue weighted by atomic mass is 10.2. The van der Waals surface area contributed by atoms with E-state index in [1.165, 1.54) is 25.3 Å². The summed E-state index contributed by atoms with van der Waals surface area (Å²) >= 11 is 6.06. The molecule has 0 bridgehead atoms. The molecule has 0 aliphatic heterocycles. The summed E-state index contributed by atoms with van der Waals surface area (Å²) in [6.45, 7) is -0.204. The summed E-state index contributed by atoms with van der Waals surface area (Å²) in [6.07, 6.45) is 1.71. The first-order valence-electron chi connectivity index (χ1n) is 7.72. The highest BCUT2D eigenvalue weighted by molar-refractivity contribution is 6.33. The van der Waals surface area contributed by atoms with Crippen LogP contribution in [0.25, 0.3) is 10.9 Å². The third-order valence-corrected chi connectivity index (χ3v) is 3.94. The van der Waals surface area contributed by atoms with Crippen molar-refractivity contribution in [3.05, 3.63) is 65.3 Å². The summed E-state index contributed by atoms with van der Waals surface area (Å²) in [5.74, 6) is -0.367. The summed E-state index contributed by atoms with van der Waals surface area (Å²) < 4.78 is 10.2. The zero-order valence-corrected chi connectivity index (χ0v) is 14.6. The van der Waals surface area contributed by atoms with Crippen molar-refractivity contribution >= 4 is 40.1 Å². The molecule has 0 fully saturated rings. The molecule has 2 aromatic carbocycles. The predicted molar refractivity (Wildman–Crippen MR) is 98.7 cm³/mol. The summed E-state index contributed by atoms with van der Waals surface area (Å²) in [7, 11) is 1.28. The molecule has 1 heterocycles. The van der Waals surface area contributed by atoms with Crippen molar-refractivity contribution < 1.29 is 19.1 Å². The molecule has 1 amide bonds. The van der Waals surface area contributed by atoms with Gasteiger partial charge in [0.2, 0.25) is 0 Å². The molecule has 0 aliphatic carbocycles. The number of ether oxygens (including phenoxy) is 2. The van der Waals surface area contributed by atoms with Gasteiger partial charge in [0.1, 0.15) is 5.75 Å². The van der Waals surface area contributed by atoms with Crippen LogP contribution in [-0.4, -0.2) is 30.6 Å². The number of aromatic nitrogens is 1. The molecule has 0 radical (unpaired) electrons. The maximum absolute atomic E-state index is 12.1. The second-order valence-corrected chi connectivity index (χ2v) is 5.79. The molecule has 1 N–H and O–H groups in total. The van der Waals surface area contributed by atoms with Gasteiger partial charge in [-0.1, -0.05) is 17.7 Å². The smallest absolute Gasteiger partial charge is 0.337 e. The van der Waals surface area contributed by atoms with E-state index in [-0.39, 0.29) is 12.2 Å². The number of pyridine rings is 1. The van der Waals surface area contributed by atoms with Crippen LogP contribution < -0.4 is 10.1 Å². The Morgan fingerprint density at radius 1 is 1.15 bits per heavy atom. The zero-order valence-electron chi connectivity index (χ0n) is 13.9. The fourth-order valence-corrected chi connectivity index (χ4v) is 2.51. The van der Waals surface area contributed by atoms with Crippen molar-refractivity contribution in [1.29, 1.82) is 0 Å². The largest absolute Gasteiger partial charge is 0.484 e. The Morgan fingerprint density at radius 2 is 2.00 bits per heavy atom. The van der Waals surface area contributed by atoms with Gasteiger partial charge in [0.15, 0.2) is 6.61 Å². The molecule has 1 aromatic heterocycles. The number of hydrogen-bond acceptors (Lipinski definition) is 5. The summed E-state index contributed by atoms with van der Waals surface area (Å²) in [5, 5.41) is 3.85. The van der Waals surface area contributed by atoms with Gasteiger partial charge in [-0.15, -0.1) is 0 Å². The van der Waals surface area contributed by atoms with Gasteiger partial charge in [-0.3, -0.25) is 9.78 Å². The van der Waals surface area contributed by atoms with Crippen molar-refractivity contribution in [1.82, 2.24) is 4.98 Å². The highest BCUT2D eigenvalue weighted by Crippen LogP contribution is 2.24. The highest BCUT2D eigenvalue weighted by Gasteiger charge is 2.12. The highest BCUT2D eigenvalue weighted by atomic mass is 35.5. The van der Waals surface area contributed by atoms with Crippen molar-refractivity contribution in [3.8, 4) is 5.75 Å². The number of benzene rings is 2. The Kier molecular flexibility index (Phi) is 5.34. The molecule has 3 aromatic rings. The molecule has 7 heteroatoms. The quantitative estimate of drug-likeness (QED) is 0.693. The molecule has 0 saturated carbocycles. The molecule has 0 atom stereocenters. The van der Waals surface area contributed by atoms with E-state index in [4.69, 9.17) is 16.3 Å². The van der Waals surface area contributed by atoms with Crippen molar-refractivity contribution in [3.63, 3.8) is 0 Å². The number of amides is 1. The molecular formula is C19H15ClN2O4. The van der Waals surface area contributed by atoms with Crippen LogP contribution in [0.3, 0.4) is 0 Å². The Labute approximate surface area is 154 Å². The standard InChI is InChI=1S/C19H15ClN2O4/c1-25-19(24)13-4-6-15(20)17(10-13)22-18(23)11-26-14-5-7-16-12(9-14)3-2-8-21-16/h2-10H,11H2,1H3,(H,22,23). The van der Waals surface area contributed by atoms with E-state index in [2.05, 4.69) is 15.0 Å². The topological polar surface area (TPSA) is 77.5 Å². The van der Waals surface area contributed by atoms with Crippen LogP contribution in [-0.2, 0) is 9.53 Å². The molecule has 6 nitrogen and oxygen atoms in total. The van der Waals surface area contributed by atoms with Gasteiger partial charge >= 0.3 is 5.97 Å².